The second kappa shape index (κ2) is 11.5. The number of hydrogen-bond donors (Lipinski definition) is 3. The smallest absolute Gasteiger partial charge is 0.220 e. The summed E-state index contributed by atoms with van der Waals surface area (Å²) in [5, 5.41) is 3.71. The molecule has 0 aliphatic carbocycles. The Morgan fingerprint density at radius 3 is 2.66 bits per heavy atom. The quantitative estimate of drug-likeness (QED) is 0.199. The molecule has 0 fully saturated rings. The molecular weight excluding hydrogens is 529 g/mol. The summed E-state index contributed by atoms with van der Waals surface area (Å²) >= 11 is 0. The molecule has 6 rings (SSSR count). The van der Waals surface area contributed by atoms with Crippen LogP contribution in [-0.4, -0.2) is 27.4 Å². The molecule has 3 N–H and O–H groups in total. The molecule has 0 saturated heterocycles. The van der Waals surface area contributed by atoms with Gasteiger partial charge in [0.1, 0.15) is 23.2 Å². The number of halogens is 3. The first-order valence-corrected chi connectivity index (χ1v) is 13.8. The Hall–Kier alpha value is -4.53. The van der Waals surface area contributed by atoms with Crippen molar-refractivity contribution in [3.8, 4) is 22.9 Å². The SMILES string of the molecule is O=C1CCCCCC(c2ccccc2F)c2cnc([nH]2)-c2cc(ccc2F)Oc2c(F)cc3[nH]ccc3c2CCN1. The van der Waals surface area contributed by atoms with Crippen LogP contribution in [0.2, 0.25) is 0 Å². The fourth-order valence-electron chi connectivity index (χ4n) is 5.56. The highest BCUT2D eigenvalue weighted by atomic mass is 19.1. The molecule has 1 amide bonds. The number of nitrogens with zero attached hydrogens (tertiary/aromatic N) is 1. The summed E-state index contributed by atoms with van der Waals surface area (Å²) in [6, 6.07) is 13.9. The zero-order valence-corrected chi connectivity index (χ0v) is 22.3. The van der Waals surface area contributed by atoms with Crippen LogP contribution in [0.1, 0.15) is 54.8 Å². The Morgan fingerprint density at radius 1 is 0.902 bits per heavy atom. The van der Waals surface area contributed by atoms with E-state index in [4.69, 9.17) is 4.74 Å². The number of rotatable bonds is 1. The first-order chi connectivity index (χ1) is 20.0. The summed E-state index contributed by atoms with van der Waals surface area (Å²) < 4.78 is 51.3. The molecule has 3 aromatic carbocycles. The topological polar surface area (TPSA) is 82.8 Å². The third-order valence-electron chi connectivity index (χ3n) is 7.62. The number of carbonyl (C=O) groups excluding carboxylic acids is 1. The largest absolute Gasteiger partial charge is 0.454 e. The van der Waals surface area contributed by atoms with E-state index in [1.54, 1.807) is 30.6 Å². The highest BCUT2D eigenvalue weighted by Crippen LogP contribution is 2.37. The van der Waals surface area contributed by atoms with E-state index in [1.807, 2.05) is 6.07 Å². The molecule has 1 unspecified atom stereocenters. The Bertz CT molecular complexity index is 1710. The fourth-order valence-corrected chi connectivity index (χ4v) is 5.56. The Kier molecular flexibility index (Phi) is 7.50. The molecule has 41 heavy (non-hydrogen) atoms. The third kappa shape index (κ3) is 5.57. The number of amides is 1. The minimum Gasteiger partial charge on any atom is -0.454 e. The Morgan fingerprint density at radius 2 is 1.78 bits per heavy atom. The molecule has 0 spiro atoms. The predicted molar refractivity (Wildman–Crippen MR) is 150 cm³/mol. The highest BCUT2D eigenvalue weighted by molar-refractivity contribution is 5.86. The maximum absolute atomic E-state index is 15.3. The Balaban J connectivity index is 1.42. The van der Waals surface area contributed by atoms with Gasteiger partial charge in [0.05, 0.1) is 5.56 Å². The average molecular weight is 559 g/mol. The molecule has 0 saturated carbocycles. The van der Waals surface area contributed by atoms with Gasteiger partial charge in [-0.25, -0.2) is 18.2 Å². The number of nitrogens with one attached hydrogen (secondary N) is 3. The molecule has 0 radical (unpaired) electrons. The van der Waals surface area contributed by atoms with Gasteiger partial charge in [0.15, 0.2) is 11.6 Å². The zero-order valence-electron chi connectivity index (χ0n) is 22.3. The molecule has 5 aromatic rings. The lowest BCUT2D eigenvalue weighted by Crippen LogP contribution is -2.25. The third-order valence-corrected chi connectivity index (χ3v) is 7.62. The normalized spacial score (nSPS) is 16.7. The van der Waals surface area contributed by atoms with Crippen molar-refractivity contribution in [2.24, 2.45) is 0 Å². The second-order valence-electron chi connectivity index (χ2n) is 10.3. The monoisotopic (exact) mass is 558 g/mol. The molecule has 3 heterocycles. The van der Waals surface area contributed by atoms with Crippen molar-refractivity contribution < 1.29 is 22.7 Å². The van der Waals surface area contributed by atoms with Crippen molar-refractivity contribution in [2.75, 3.05) is 6.54 Å². The lowest BCUT2D eigenvalue weighted by atomic mass is 9.90. The lowest BCUT2D eigenvalue weighted by Gasteiger charge is -2.17. The summed E-state index contributed by atoms with van der Waals surface area (Å²) in [5.74, 6) is -1.35. The number of H-pyrrole nitrogens is 2. The van der Waals surface area contributed by atoms with E-state index >= 15 is 8.78 Å². The number of ether oxygens (including phenoxy) is 1. The van der Waals surface area contributed by atoms with Gasteiger partial charge in [-0.05, 0) is 55.2 Å². The summed E-state index contributed by atoms with van der Waals surface area (Å²) in [7, 11) is 0. The van der Waals surface area contributed by atoms with Crippen molar-refractivity contribution in [1.82, 2.24) is 20.3 Å². The van der Waals surface area contributed by atoms with Gasteiger partial charge in [-0.3, -0.25) is 4.79 Å². The van der Waals surface area contributed by atoms with Gasteiger partial charge in [-0.1, -0.05) is 31.0 Å². The lowest BCUT2D eigenvalue weighted by molar-refractivity contribution is -0.121. The van der Waals surface area contributed by atoms with Gasteiger partial charge in [0.2, 0.25) is 5.91 Å². The molecule has 6 nitrogen and oxygen atoms in total. The van der Waals surface area contributed by atoms with Gasteiger partial charge >= 0.3 is 0 Å². The van der Waals surface area contributed by atoms with Crippen LogP contribution in [-0.2, 0) is 11.2 Å². The van der Waals surface area contributed by atoms with Crippen molar-refractivity contribution in [1.29, 1.82) is 0 Å². The van der Waals surface area contributed by atoms with Gasteiger partial charge in [-0.15, -0.1) is 0 Å². The van der Waals surface area contributed by atoms with Crippen molar-refractivity contribution in [2.45, 2.75) is 44.4 Å². The van der Waals surface area contributed by atoms with Gasteiger partial charge in [-0.2, -0.15) is 0 Å². The first kappa shape index (κ1) is 26.7. The maximum Gasteiger partial charge on any atom is 0.220 e. The van der Waals surface area contributed by atoms with E-state index in [9.17, 15) is 9.18 Å². The highest BCUT2D eigenvalue weighted by Gasteiger charge is 2.22. The van der Waals surface area contributed by atoms with E-state index < -0.39 is 11.6 Å². The zero-order chi connectivity index (χ0) is 28.3. The van der Waals surface area contributed by atoms with Gasteiger partial charge in [0.25, 0.3) is 0 Å². The van der Waals surface area contributed by atoms with Crippen LogP contribution >= 0.6 is 0 Å². The minimum atomic E-state index is -0.578. The summed E-state index contributed by atoms with van der Waals surface area (Å²) in [6.07, 6.45) is 6.86. The number of hydrogen-bond acceptors (Lipinski definition) is 3. The molecule has 4 bridgehead atoms. The minimum absolute atomic E-state index is 0.0153. The number of benzene rings is 3. The molecule has 9 heteroatoms. The van der Waals surface area contributed by atoms with E-state index in [0.29, 0.717) is 54.6 Å². The van der Waals surface area contributed by atoms with Crippen molar-refractivity contribution in [3.63, 3.8) is 0 Å². The van der Waals surface area contributed by atoms with Crippen LogP contribution in [0.3, 0.4) is 0 Å². The second-order valence-corrected chi connectivity index (χ2v) is 10.3. The van der Waals surface area contributed by atoms with Crippen LogP contribution in [0.15, 0.2) is 67.0 Å². The molecule has 1 aliphatic rings. The van der Waals surface area contributed by atoms with Gasteiger partial charge in [0, 0.05) is 59.5 Å². The van der Waals surface area contributed by atoms with E-state index in [0.717, 1.165) is 18.2 Å². The summed E-state index contributed by atoms with van der Waals surface area (Å²) in [5.41, 5.74) is 2.53. The molecule has 1 aliphatic heterocycles. The van der Waals surface area contributed by atoms with Gasteiger partial charge < -0.3 is 20.0 Å². The number of fused-ring (bicyclic) bond motifs is 8. The predicted octanol–water partition coefficient (Wildman–Crippen LogP) is 7.52. The fraction of sp³-hybridized carbons (Fsp3) is 0.250. The number of aromatic nitrogens is 3. The van der Waals surface area contributed by atoms with Crippen LogP contribution < -0.4 is 10.1 Å². The van der Waals surface area contributed by atoms with E-state index in [1.165, 1.54) is 30.3 Å². The summed E-state index contributed by atoms with van der Waals surface area (Å²) in [4.78, 5) is 23.2. The number of aromatic amines is 2. The van der Waals surface area contributed by atoms with Crippen LogP contribution in [0.25, 0.3) is 22.3 Å². The average Bonchev–Trinajstić information content (AvgIpc) is 3.63. The standard InChI is InChI=1S/C32H29F3N4O2/c33-25-8-5-4-6-20(25)21-7-2-1-3-9-30(40)37-15-13-23-22-12-14-36-28(22)17-27(35)31(23)41-19-10-11-26(34)24(16-19)32-38-18-29(21)39-32/h4-6,8,10-12,14,16-18,21,36H,1-3,7,9,13,15H2,(H,37,40)(H,38,39). The summed E-state index contributed by atoms with van der Waals surface area (Å²) in [6.45, 7) is 0.303. The molecule has 210 valence electrons. The molecule has 1 atom stereocenters. The van der Waals surface area contributed by atoms with Crippen molar-refractivity contribution >= 4 is 16.8 Å². The van der Waals surface area contributed by atoms with E-state index in [2.05, 4.69) is 20.3 Å². The van der Waals surface area contributed by atoms with E-state index in [-0.39, 0.29) is 40.5 Å². The van der Waals surface area contributed by atoms with Crippen molar-refractivity contribution in [3.05, 3.63) is 101 Å². The number of carbonyl (C=O) groups is 1. The van der Waals surface area contributed by atoms with Crippen LogP contribution in [0.4, 0.5) is 13.2 Å². The first-order valence-electron chi connectivity index (χ1n) is 13.8. The number of imidazole rings is 1. The maximum atomic E-state index is 15.3. The molecule has 2 aromatic heterocycles. The molecular formula is C32H29F3N4O2. The Labute approximate surface area is 235 Å². The van der Waals surface area contributed by atoms with Crippen LogP contribution in [0.5, 0.6) is 11.5 Å². The van der Waals surface area contributed by atoms with Crippen LogP contribution in [0, 0.1) is 17.5 Å².